The van der Waals surface area contributed by atoms with Crippen LogP contribution in [0.2, 0.25) is 0 Å². The molecule has 0 unspecified atom stereocenters. The summed E-state index contributed by atoms with van der Waals surface area (Å²) in [7, 11) is 0. The molecular formula is C26H17NO2. The molecule has 0 aliphatic rings. The number of carbonyl (C=O) groups is 1. The molecule has 1 heterocycles. The van der Waals surface area contributed by atoms with E-state index in [1.165, 1.54) is 0 Å². The molecule has 0 saturated heterocycles. The number of aromatic nitrogens is 1. The maximum Gasteiger partial charge on any atom is 0.269 e. The lowest BCUT2D eigenvalue weighted by Gasteiger charge is -2.01. The monoisotopic (exact) mass is 375 g/mol. The van der Waals surface area contributed by atoms with Gasteiger partial charge in [0, 0.05) is 16.7 Å². The van der Waals surface area contributed by atoms with Gasteiger partial charge in [0.1, 0.15) is 5.69 Å². The predicted molar refractivity (Wildman–Crippen MR) is 115 cm³/mol. The predicted octanol–water partition coefficient (Wildman–Crippen LogP) is 6.39. The Morgan fingerprint density at radius 2 is 1.28 bits per heavy atom. The van der Waals surface area contributed by atoms with E-state index in [0.29, 0.717) is 17.0 Å². The molecule has 4 aromatic carbocycles. The molecule has 0 fully saturated rings. The highest BCUT2D eigenvalue weighted by atomic mass is 16.4. The van der Waals surface area contributed by atoms with E-state index in [4.69, 9.17) is 4.42 Å². The first-order valence-electron chi connectivity index (χ1n) is 9.45. The van der Waals surface area contributed by atoms with Gasteiger partial charge < -0.3 is 4.42 Å². The summed E-state index contributed by atoms with van der Waals surface area (Å²) < 4.78 is 6.02. The second kappa shape index (κ2) is 7.21. The van der Waals surface area contributed by atoms with Gasteiger partial charge in [-0.25, -0.2) is 4.98 Å². The van der Waals surface area contributed by atoms with Gasteiger partial charge in [-0.2, -0.15) is 0 Å². The molecule has 0 saturated carbocycles. The van der Waals surface area contributed by atoms with Crippen LogP contribution in [0.3, 0.4) is 0 Å². The van der Waals surface area contributed by atoms with Crippen molar-refractivity contribution in [3.05, 3.63) is 115 Å². The van der Waals surface area contributed by atoms with Crippen LogP contribution < -0.4 is 0 Å². The standard InChI is InChI=1S/C26H17NO2/c28-24(22-16-15-18-9-7-8-14-21(18)17-22)26-27-23(19-10-3-1-4-11-19)25(29-26)20-12-5-2-6-13-20/h1-17H. The molecule has 0 N–H and O–H groups in total. The van der Waals surface area contributed by atoms with E-state index >= 15 is 0 Å². The smallest absolute Gasteiger partial charge is 0.269 e. The number of ketones is 1. The Hall–Kier alpha value is -3.98. The molecule has 0 aliphatic carbocycles. The zero-order valence-electron chi connectivity index (χ0n) is 15.6. The Kier molecular flexibility index (Phi) is 4.26. The number of hydrogen-bond acceptors (Lipinski definition) is 3. The van der Waals surface area contributed by atoms with Crippen LogP contribution in [0.1, 0.15) is 16.2 Å². The maximum atomic E-state index is 13.2. The average Bonchev–Trinajstić information content (AvgIpc) is 3.25. The quantitative estimate of drug-likeness (QED) is 0.342. The van der Waals surface area contributed by atoms with Crippen LogP contribution in [0.25, 0.3) is 33.4 Å². The first kappa shape index (κ1) is 17.1. The minimum absolute atomic E-state index is 0.0954. The van der Waals surface area contributed by atoms with Gasteiger partial charge in [-0.3, -0.25) is 4.79 Å². The normalized spacial score (nSPS) is 10.9. The van der Waals surface area contributed by atoms with Crippen molar-refractivity contribution in [1.82, 2.24) is 4.98 Å². The second-order valence-corrected chi connectivity index (χ2v) is 6.82. The highest BCUT2D eigenvalue weighted by Crippen LogP contribution is 2.33. The summed E-state index contributed by atoms with van der Waals surface area (Å²) in [6, 6.07) is 33.1. The van der Waals surface area contributed by atoms with Crippen LogP contribution in [0.15, 0.2) is 108 Å². The molecule has 5 rings (SSSR count). The molecule has 0 radical (unpaired) electrons. The molecule has 5 aromatic rings. The Labute approximate surface area is 168 Å². The SMILES string of the molecule is O=C(c1ccc2ccccc2c1)c1nc(-c2ccccc2)c(-c2ccccc2)o1. The second-order valence-electron chi connectivity index (χ2n) is 6.82. The lowest BCUT2D eigenvalue weighted by atomic mass is 10.0. The number of fused-ring (bicyclic) bond motifs is 1. The lowest BCUT2D eigenvalue weighted by Crippen LogP contribution is -2.01. The van der Waals surface area contributed by atoms with Crippen molar-refractivity contribution in [2.75, 3.05) is 0 Å². The zero-order valence-corrected chi connectivity index (χ0v) is 15.6. The molecule has 0 atom stereocenters. The number of nitrogens with zero attached hydrogens (tertiary/aromatic N) is 1. The highest BCUT2D eigenvalue weighted by Gasteiger charge is 2.22. The highest BCUT2D eigenvalue weighted by molar-refractivity contribution is 6.08. The average molecular weight is 375 g/mol. The molecular weight excluding hydrogens is 358 g/mol. The number of hydrogen-bond donors (Lipinski definition) is 0. The van der Waals surface area contributed by atoms with Crippen molar-refractivity contribution < 1.29 is 9.21 Å². The lowest BCUT2D eigenvalue weighted by molar-refractivity contribution is 0.100. The Morgan fingerprint density at radius 1 is 0.655 bits per heavy atom. The van der Waals surface area contributed by atoms with Crippen LogP contribution in [-0.4, -0.2) is 10.8 Å². The van der Waals surface area contributed by atoms with Gasteiger partial charge in [-0.05, 0) is 16.8 Å². The van der Waals surface area contributed by atoms with Crippen LogP contribution in [-0.2, 0) is 0 Å². The molecule has 29 heavy (non-hydrogen) atoms. The third-order valence-corrected chi connectivity index (χ3v) is 4.92. The van der Waals surface area contributed by atoms with Gasteiger partial charge in [0.15, 0.2) is 5.76 Å². The van der Waals surface area contributed by atoms with Gasteiger partial charge in [0.05, 0.1) is 0 Å². The molecule has 3 nitrogen and oxygen atoms in total. The number of rotatable bonds is 4. The fraction of sp³-hybridized carbons (Fsp3) is 0. The van der Waals surface area contributed by atoms with Crippen molar-refractivity contribution in [3.63, 3.8) is 0 Å². The topological polar surface area (TPSA) is 43.1 Å². The van der Waals surface area contributed by atoms with Crippen molar-refractivity contribution in [3.8, 4) is 22.6 Å². The molecule has 138 valence electrons. The Bertz CT molecular complexity index is 1250. The molecule has 0 amide bonds. The summed E-state index contributed by atoms with van der Waals surface area (Å²) in [5.41, 5.74) is 3.02. The fourth-order valence-corrected chi connectivity index (χ4v) is 3.45. The van der Waals surface area contributed by atoms with Crippen LogP contribution in [0.4, 0.5) is 0 Å². The van der Waals surface area contributed by atoms with E-state index in [0.717, 1.165) is 21.9 Å². The van der Waals surface area contributed by atoms with Crippen LogP contribution in [0.5, 0.6) is 0 Å². The minimum Gasteiger partial charge on any atom is -0.433 e. The van der Waals surface area contributed by atoms with Crippen molar-refractivity contribution in [2.24, 2.45) is 0 Å². The summed E-state index contributed by atoms with van der Waals surface area (Å²) in [6.45, 7) is 0. The number of oxazole rings is 1. The minimum atomic E-state index is -0.227. The van der Waals surface area contributed by atoms with Gasteiger partial charge in [0.2, 0.25) is 5.78 Å². The third-order valence-electron chi connectivity index (χ3n) is 4.92. The first-order valence-corrected chi connectivity index (χ1v) is 9.45. The largest absolute Gasteiger partial charge is 0.433 e. The van der Waals surface area contributed by atoms with E-state index in [2.05, 4.69) is 4.98 Å². The Morgan fingerprint density at radius 3 is 2.00 bits per heavy atom. The van der Waals surface area contributed by atoms with E-state index in [1.54, 1.807) is 0 Å². The summed E-state index contributed by atoms with van der Waals surface area (Å²) in [5.74, 6) is 0.467. The van der Waals surface area contributed by atoms with Gasteiger partial charge in [-0.1, -0.05) is 97.1 Å². The Balaban J connectivity index is 1.63. The summed E-state index contributed by atoms with van der Waals surface area (Å²) >= 11 is 0. The van der Waals surface area contributed by atoms with Crippen molar-refractivity contribution in [2.45, 2.75) is 0 Å². The van der Waals surface area contributed by atoms with Crippen LogP contribution in [0, 0.1) is 0 Å². The first-order chi connectivity index (χ1) is 14.3. The molecule has 3 heteroatoms. The van der Waals surface area contributed by atoms with Gasteiger partial charge >= 0.3 is 0 Å². The van der Waals surface area contributed by atoms with Crippen molar-refractivity contribution in [1.29, 1.82) is 0 Å². The van der Waals surface area contributed by atoms with E-state index in [-0.39, 0.29) is 11.7 Å². The number of carbonyl (C=O) groups excluding carboxylic acids is 1. The molecule has 0 bridgehead atoms. The third kappa shape index (κ3) is 3.23. The van der Waals surface area contributed by atoms with E-state index in [9.17, 15) is 4.79 Å². The fourth-order valence-electron chi connectivity index (χ4n) is 3.45. The summed E-state index contributed by atoms with van der Waals surface area (Å²) in [4.78, 5) is 17.8. The van der Waals surface area contributed by atoms with Gasteiger partial charge in [0.25, 0.3) is 5.89 Å². The molecule has 1 aromatic heterocycles. The van der Waals surface area contributed by atoms with E-state index in [1.807, 2.05) is 103 Å². The maximum absolute atomic E-state index is 13.2. The molecule has 0 aliphatic heterocycles. The molecule has 0 spiro atoms. The zero-order chi connectivity index (χ0) is 19.6. The number of benzene rings is 4. The van der Waals surface area contributed by atoms with Crippen LogP contribution >= 0.6 is 0 Å². The summed E-state index contributed by atoms with van der Waals surface area (Å²) in [6.07, 6.45) is 0. The van der Waals surface area contributed by atoms with Gasteiger partial charge in [-0.15, -0.1) is 0 Å². The van der Waals surface area contributed by atoms with E-state index < -0.39 is 0 Å². The summed E-state index contributed by atoms with van der Waals surface area (Å²) in [5, 5.41) is 2.10. The van der Waals surface area contributed by atoms with Crippen molar-refractivity contribution >= 4 is 16.6 Å².